The summed E-state index contributed by atoms with van der Waals surface area (Å²) in [7, 11) is 0. The SMILES string of the molecule is C=CN=C/C=C(\C=C)Nc1ccc2nc(F)ccc2n1. The molecule has 2 rings (SSSR count). The topological polar surface area (TPSA) is 50.2 Å². The van der Waals surface area contributed by atoms with Gasteiger partial charge in [0.1, 0.15) is 5.82 Å². The minimum atomic E-state index is -0.521. The first-order valence-electron chi connectivity index (χ1n) is 5.90. The van der Waals surface area contributed by atoms with E-state index in [0.717, 1.165) is 5.70 Å². The first kappa shape index (κ1) is 13.6. The van der Waals surface area contributed by atoms with Gasteiger partial charge in [-0.15, -0.1) is 0 Å². The third kappa shape index (κ3) is 3.35. The van der Waals surface area contributed by atoms with Crippen LogP contribution in [0.25, 0.3) is 11.0 Å². The van der Waals surface area contributed by atoms with Crippen LogP contribution in [0.15, 0.2) is 66.5 Å². The predicted molar refractivity (Wildman–Crippen MR) is 80.1 cm³/mol. The number of fused-ring (bicyclic) bond motifs is 1. The highest BCUT2D eigenvalue weighted by Gasteiger charge is 2.01. The maximum absolute atomic E-state index is 13.0. The second-order valence-corrected chi connectivity index (χ2v) is 3.80. The third-order valence-corrected chi connectivity index (χ3v) is 2.45. The van der Waals surface area contributed by atoms with Crippen molar-refractivity contribution in [3.8, 4) is 0 Å². The highest BCUT2D eigenvalue weighted by Crippen LogP contribution is 2.15. The molecule has 2 aromatic rings. The molecule has 100 valence electrons. The van der Waals surface area contributed by atoms with E-state index in [1.54, 1.807) is 36.6 Å². The van der Waals surface area contributed by atoms with Gasteiger partial charge in [-0.1, -0.05) is 13.2 Å². The first-order valence-corrected chi connectivity index (χ1v) is 5.90. The predicted octanol–water partition coefficient (Wildman–Crippen LogP) is 3.47. The molecule has 0 saturated carbocycles. The number of pyridine rings is 2. The van der Waals surface area contributed by atoms with Crippen molar-refractivity contribution in [1.29, 1.82) is 0 Å². The zero-order chi connectivity index (χ0) is 14.4. The van der Waals surface area contributed by atoms with E-state index in [9.17, 15) is 4.39 Å². The van der Waals surface area contributed by atoms with Crippen LogP contribution in [0.2, 0.25) is 0 Å². The van der Waals surface area contributed by atoms with E-state index in [1.165, 1.54) is 12.3 Å². The Balaban J connectivity index is 2.26. The van der Waals surface area contributed by atoms with Crippen molar-refractivity contribution in [2.45, 2.75) is 0 Å². The number of allylic oxidation sites excluding steroid dienone is 2. The molecule has 5 heteroatoms. The Morgan fingerprint density at radius 3 is 2.65 bits per heavy atom. The number of anilines is 1. The molecule has 0 aliphatic carbocycles. The van der Waals surface area contributed by atoms with Crippen LogP contribution in [0.1, 0.15) is 0 Å². The molecule has 0 aliphatic rings. The van der Waals surface area contributed by atoms with Crippen molar-refractivity contribution in [3.05, 3.63) is 67.4 Å². The summed E-state index contributed by atoms with van der Waals surface area (Å²) in [4.78, 5) is 12.0. The molecule has 0 aromatic carbocycles. The molecular weight excluding hydrogens is 255 g/mol. The minimum absolute atomic E-state index is 0.507. The second-order valence-electron chi connectivity index (χ2n) is 3.80. The number of nitrogens with zero attached hydrogens (tertiary/aromatic N) is 3. The summed E-state index contributed by atoms with van der Waals surface area (Å²) in [6, 6.07) is 6.28. The number of aromatic nitrogens is 2. The number of aliphatic imine (C=N–C) groups is 1. The molecule has 0 bridgehead atoms. The van der Waals surface area contributed by atoms with Crippen LogP contribution in [0.5, 0.6) is 0 Å². The van der Waals surface area contributed by atoms with Gasteiger partial charge >= 0.3 is 0 Å². The Morgan fingerprint density at radius 2 is 1.90 bits per heavy atom. The van der Waals surface area contributed by atoms with Crippen LogP contribution < -0.4 is 5.32 Å². The van der Waals surface area contributed by atoms with Crippen molar-refractivity contribution in [1.82, 2.24) is 9.97 Å². The molecule has 0 saturated heterocycles. The normalized spacial score (nSPS) is 11.8. The van der Waals surface area contributed by atoms with Gasteiger partial charge in [-0.05, 0) is 36.4 Å². The maximum atomic E-state index is 13.0. The standard InChI is InChI=1S/C15H13FN4/c1-3-11(9-10-17-4-2)18-15-8-6-12-13(20-15)5-7-14(16)19-12/h3-10H,1-2H2,(H,18,20)/b11-9+,17-10?. The molecule has 0 spiro atoms. The van der Waals surface area contributed by atoms with Gasteiger partial charge in [0, 0.05) is 18.1 Å². The fourth-order valence-corrected chi connectivity index (χ4v) is 1.55. The average Bonchev–Trinajstić information content (AvgIpc) is 2.46. The largest absolute Gasteiger partial charge is 0.340 e. The number of hydrogen-bond acceptors (Lipinski definition) is 4. The van der Waals surface area contributed by atoms with Crippen LogP contribution in [0, 0.1) is 5.95 Å². The molecule has 0 radical (unpaired) electrons. The van der Waals surface area contributed by atoms with Gasteiger partial charge < -0.3 is 5.32 Å². The van der Waals surface area contributed by atoms with Crippen LogP contribution in [-0.2, 0) is 0 Å². The fourth-order valence-electron chi connectivity index (χ4n) is 1.55. The summed E-state index contributed by atoms with van der Waals surface area (Å²) in [5.74, 6) is 0.0939. The summed E-state index contributed by atoms with van der Waals surface area (Å²) >= 11 is 0. The second kappa shape index (κ2) is 6.38. The molecule has 0 aliphatic heterocycles. The Labute approximate surface area is 116 Å². The molecule has 4 nitrogen and oxygen atoms in total. The first-order chi connectivity index (χ1) is 9.72. The Hall–Kier alpha value is -2.82. The van der Waals surface area contributed by atoms with E-state index in [1.807, 2.05) is 0 Å². The minimum Gasteiger partial charge on any atom is -0.340 e. The van der Waals surface area contributed by atoms with Crippen molar-refractivity contribution in [3.63, 3.8) is 0 Å². The molecule has 0 fully saturated rings. The van der Waals surface area contributed by atoms with Crippen LogP contribution in [0.3, 0.4) is 0 Å². The molecular formula is C15H13FN4. The van der Waals surface area contributed by atoms with E-state index in [2.05, 4.69) is 33.4 Å². The fraction of sp³-hybridized carbons (Fsp3) is 0. The Kier molecular flexibility index (Phi) is 4.34. The summed E-state index contributed by atoms with van der Waals surface area (Å²) in [6.45, 7) is 7.19. The lowest BCUT2D eigenvalue weighted by Crippen LogP contribution is -2.00. The lowest BCUT2D eigenvalue weighted by molar-refractivity contribution is 0.589. The number of rotatable bonds is 5. The molecule has 2 heterocycles. The van der Waals surface area contributed by atoms with Crippen molar-refractivity contribution >= 4 is 23.1 Å². The smallest absolute Gasteiger partial charge is 0.213 e. The lowest BCUT2D eigenvalue weighted by Gasteiger charge is -2.06. The number of hydrogen-bond donors (Lipinski definition) is 1. The summed E-state index contributed by atoms with van der Waals surface area (Å²) < 4.78 is 13.0. The highest BCUT2D eigenvalue weighted by atomic mass is 19.1. The molecule has 1 N–H and O–H groups in total. The summed E-state index contributed by atoms with van der Waals surface area (Å²) in [5.41, 5.74) is 1.85. The van der Waals surface area contributed by atoms with Crippen LogP contribution >= 0.6 is 0 Å². The van der Waals surface area contributed by atoms with Crippen molar-refractivity contribution < 1.29 is 4.39 Å². The Bertz CT molecular complexity index is 704. The number of halogens is 1. The van der Waals surface area contributed by atoms with Gasteiger partial charge in [0.25, 0.3) is 0 Å². The van der Waals surface area contributed by atoms with E-state index in [4.69, 9.17) is 0 Å². The molecule has 0 atom stereocenters. The molecule has 2 aromatic heterocycles. The zero-order valence-corrected chi connectivity index (χ0v) is 10.8. The molecule has 20 heavy (non-hydrogen) atoms. The van der Waals surface area contributed by atoms with E-state index in [0.29, 0.717) is 16.9 Å². The molecule has 0 amide bonds. The van der Waals surface area contributed by atoms with Gasteiger partial charge in [-0.2, -0.15) is 4.39 Å². The van der Waals surface area contributed by atoms with E-state index in [-0.39, 0.29) is 0 Å². The average molecular weight is 268 g/mol. The van der Waals surface area contributed by atoms with Crippen LogP contribution in [-0.4, -0.2) is 16.2 Å². The number of nitrogens with one attached hydrogen (secondary N) is 1. The van der Waals surface area contributed by atoms with Gasteiger partial charge in [0.15, 0.2) is 0 Å². The zero-order valence-electron chi connectivity index (χ0n) is 10.8. The maximum Gasteiger partial charge on any atom is 0.213 e. The quantitative estimate of drug-likeness (QED) is 0.513. The molecule has 0 unspecified atom stereocenters. The van der Waals surface area contributed by atoms with Gasteiger partial charge in [0.2, 0.25) is 5.95 Å². The third-order valence-electron chi connectivity index (χ3n) is 2.45. The summed E-state index contributed by atoms with van der Waals surface area (Å²) in [5, 5.41) is 3.08. The van der Waals surface area contributed by atoms with Gasteiger partial charge in [-0.25, -0.2) is 9.97 Å². The van der Waals surface area contributed by atoms with Crippen molar-refractivity contribution in [2.75, 3.05) is 5.32 Å². The highest BCUT2D eigenvalue weighted by molar-refractivity contribution is 5.77. The van der Waals surface area contributed by atoms with E-state index >= 15 is 0 Å². The van der Waals surface area contributed by atoms with Gasteiger partial charge in [0.05, 0.1) is 11.0 Å². The Morgan fingerprint density at radius 1 is 1.15 bits per heavy atom. The monoisotopic (exact) mass is 268 g/mol. The summed E-state index contributed by atoms with van der Waals surface area (Å²) in [6.07, 6.45) is 6.41. The van der Waals surface area contributed by atoms with E-state index < -0.39 is 5.95 Å². The van der Waals surface area contributed by atoms with Crippen molar-refractivity contribution in [2.24, 2.45) is 4.99 Å². The lowest BCUT2D eigenvalue weighted by atomic mass is 10.3. The van der Waals surface area contributed by atoms with Gasteiger partial charge in [-0.3, -0.25) is 4.99 Å². The van der Waals surface area contributed by atoms with Crippen LogP contribution in [0.4, 0.5) is 10.2 Å².